The summed E-state index contributed by atoms with van der Waals surface area (Å²) in [5.41, 5.74) is 5.72. The molecule has 3 rings (SSSR count). The zero-order valence-electron chi connectivity index (χ0n) is 13.8. The van der Waals surface area contributed by atoms with E-state index in [9.17, 15) is 0 Å². The molecule has 4 heteroatoms. The van der Waals surface area contributed by atoms with Gasteiger partial charge in [0.15, 0.2) is 0 Å². The Labute approximate surface area is 136 Å². The first-order valence-corrected chi connectivity index (χ1v) is 7.72. The van der Waals surface area contributed by atoms with Crippen molar-refractivity contribution in [2.75, 3.05) is 7.11 Å². The zero-order valence-corrected chi connectivity index (χ0v) is 13.8. The van der Waals surface area contributed by atoms with Crippen molar-refractivity contribution in [2.24, 2.45) is 0 Å². The number of ether oxygens (including phenoxy) is 1. The molecule has 1 aromatic carbocycles. The number of nitrogens with one attached hydrogen (secondary N) is 1. The number of aromatic nitrogens is 2. The van der Waals surface area contributed by atoms with Gasteiger partial charge in [0, 0.05) is 36.4 Å². The molecule has 0 spiro atoms. The number of nitrogens with zero attached hydrogens (tertiary/aromatic N) is 2. The Kier molecular flexibility index (Phi) is 4.53. The largest absolute Gasteiger partial charge is 0.481 e. The van der Waals surface area contributed by atoms with E-state index < -0.39 is 0 Å². The molecule has 0 bridgehead atoms. The molecule has 0 unspecified atom stereocenters. The predicted molar refractivity (Wildman–Crippen MR) is 92.5 cm³/mol. The molecule has 0 aliphatic carbocycles. The van der Waals surface area contributed by atoms with E-state index in [-0.39, 0.29) is 0 Å². The fourth-order valence-electron chi connectivity index (χ4n) is 2.80. The Morgan fingerprint density at radius 3 is 2.57 bits per heavy atom. The Balaban J connectivity index is 1.84. The maximum Gasteiger partial charge on any atom is 0.218 e. The number of aryl methyl sites for hydroxylation is 2. The first kappa shape index (κ1) is 15.4. The SMILES string of the molecule is COc1nc2cc(C)cc(C)c2cc1CNCc1ccncc1. The summed E-state index contributed by atoms with van der Waals surface area (Å²) in [6.45, 7) is 5.71. The molecule has 0 aliphatic heterocycles. The average molecular weight is 307 g/mol. The first-order valence-electron chi connectivity index (χ1n) is 7.72. The van der Waals surface area contributed by atoms with Crippen LogP contribution in [0.1, 0.15) is 22.3 Å². The second-order valence-electron chi connectivity index (χ2n) is 5.76. The molecule has 0 atom stereocenters. The Hall–Kier alpha value is -2.46. The fraction of sp³-hybridized carbons (Fsp3) is 0.263. The summed E-state index contributed by atoms with van der Waals surface area (Å²) in [4.78, 5) is 8.70. The zero-order chi connectivity index (χ0) is 16.2. The van der Waals surface area contributed by atoms with Crippen LogP contribution in [0.3, 0.4) is 0 Å². The number of hydrogen-bond donors (Lipinski definition) is 1. The summed E-state index contributed by atoms with van der Waals surface area (Å²) in [6.07, 6.45) is 3.61. The van der Waals surface area contributed by atoms with Crippen LogP contribution < -0.4 is 10.1 Å². The Morgan fingerprint density at radius 1 is 1.04 bits per heavy atom. The molecular weight excluding hydrogens is 286 g/mol. The second-order valence-corrected chi connectivity index (χ2v) is 5.76. The van der Waals surface area contributed by atoms with Gasteiger partial charge in [-0.2, -0.15) is 0 Å². The van der Waals surface area contributed by atoms with Crippen LogP contribution in [-0.2, 0) is 13.1 Å². The van der Waals surface area contributed by atoms with Gasteiger partial charge in [-0.15, -0.1) is 0 Å². The molecule has 0 amide bonds. The van der Waals surface area contributed by atoms with Crippen molar-refractivity contribution in [2.45, 2.75) is 26.9 Å². The smallest absolute Gasteiger partial charge is 0.218 e. The summed E-state index contributed by atoms with van der Waals surface area (Å²) in [7, 11) is 1.67. The highest BCUT2D eigenvalue weighted by molar-refractivity contribution is 5.84. The van der Waals surface area contributed by atoms with E-state index in [1.807, 2.05) is 12.1 Å². The second kappa shape index (κ2) is 6.75. The quantitative estimate of drug-likeness (QED) is 0.783. The molecule has 23 heavy (non-hydrogen) atoms. The summed E-state index contributed by atoms with van der Waals surface area (Å²) in [5, 5.41) is 4.62. The maximum atomic E-state index is 5.47. The van der Waals surface area contributed by atoms with Crippen molar-refractivity contribution < 1.29 is 4.74 Å². The number of fused-ring (bicyclic) bond motifs is 1. The first-order chi connectivity index (χ1) is 11.2. The van der Waals surface area contributed by atoms with Crippen molar-refractivity contribution in [3.05, 3.63) is 65.0 Å². The normalized spacial score (nSPS) is 10.9. The van der Waals surface area contributed by atoms with E-state index in [1.54, 1.807) is 19.5 Å². The Morgan fingerprint density at radius 2 is 1.83 bits per heavy atom. The maximum absolute atomic E-state index is 5.47. The van der Waals surface area contributed by atoms with Gasteiger partial charge in [0.2, 0.25) is 5.88 Å². The molecule has 118 valence electrons. The molecule has 0 saturated heterocycles. The van der Waals surface area contributed by atoms with Gasteiger partial charge in [-0.05, 0) is 54.8 Å². The predicted octanol–water partition coefficient (Wildman–Crippen LogP) is 3.55. The van der Waals surface area contributed by atoms with E-state index in [1.165, 1.54) is 22.1 Å². The highest BCUT2D eigenvalue weighted by Crippen LogP contribution is 2.25. The number of rotatable bonds is 5. The van der Waals surface area contributed by atoms with Crippen molar-refractivity contribution in [1.29, 1.82) is 0 Å². The van der Waals surface area contributed by atoms with Crippen molar-refractivity contribution in [3.8, 4) is 5.88 Å². The lowest BCUT2D eigenvalue weighted by molar-refractivity contribution is 0.392. The van der Waals surface area contributed by atoms with Crippen LogP contribution in [0.5, 0.6) is 5.88 Å². The third-order valence-electron chi connectivity index (χ3n) is 3.91. The van der Waals surface area contributed by atoms with Crippen LogP contribution in [0.25, 0.3) is 10.9 Å². The lowest BCUT2D eigenvalue weighted by Crippen LogP contribution is -2.14. The molecule has 3 aromatic rings. The summed E-state index contributed by atoms with van der Waals surface area (Å²) in [5.74, 6) is 0.685. The van der Waals surface area contributed by atoms with Crippen LogP contribution in [0, 0.1) is 13.8 Å². The molecule has 0 saturated carbocycles. The molecule has 1 N–H and O–H groups in total. The number of benzene rings is 1. The standard InChI is InChI=1S/C19H21N3O/c1-13-8-14(2)17-10-16(19(23-3)22-18(17)9-13)12-21-11-15-4-6-20-7-5-15/h4-10,21H,11-12H2,1-3H3. The van der Waals surface area contributed by atoms with Crippen molar-refractivity contribution in [3.63, 3.8) is 0 Å². The van der Waals surface area contributed by atoms with Crippen LogP contribution in [0.15, 0.2) is 42.7 Å². The minimum Gasteiger partial charge on any atom is -0.481 e. The van der Waals surface area contributed by atoms with Gasteiger partial charge < -0.3 is 10.1 Å². The average Bonchev–Trinajstić information content (AvgIpc) is 2.55. The monoisotopic (exact) mass is 307 g/mol. The number of pyridine rings is 2. The van der Waals surface area contributed by atoms with Gasteiger partial charge >= 0.3 is 0 Å². The van der Waals surface area contributed by atoms with Crippen LogP contribution in [-0.4, -0.2) is 17.1 Å². The van der Waals surface area contributed by atoms with E-state index in [0.717, 1.165) is 17.6 Å². The molecular formula is C19H21N3O. The van der Waals surface area contributed by atoms with E-state index in [2.05, 4.69) is 47.3 Å². The van der Waals surface area contributed by atoms with Crippen LogP contribution >= 0.6 is 0 Å². The molecule has 0 fully saturated rings. The van der Waals surface area contributed by atoms with Gasteiger partial charge in [-0.1, -0.05) is 6.07 Å². The summed E-state index contributed by atoms with van der Waals surface area (Å²) < 4.78 is 5.47. The highest BCUT2D eigenvalue weighted by atomic mass is 16.5. The number of hydrogen-bond acceptors (Lipinski definition) is 4. The minimum absolute atomic E-state index is 0.685. The van der Waals surface area contributed by atoms with E-state index >= 15 is 0 Å². The molecule has 2 aromatic heterocycles. The fourth-order valence-corrected chi connectivity index (χ4v) is 2.80. The lowest BCUT2D eigenvalue weighted by Gasteiger charge is -2.12. The van der Waals surface area contributed by atoms with Crippen molar-refractivity contribution >= 4 is 10.9 Å². The Bertz CT molecular complexity index is 816. The summed E-state index contributed by atoms with van der Waals surface area (Å²) in [6, 6.07) is 10.5. The van der Waals surface area contributed by atoms with Gasteiger partial charge in [-0.25, -0.2) is 4.98 Å². The van der Waals surface area contributed by atoms with Gasteiger partial charge in [-0.3, -0.25) is 4.98 Å². The molecule has 0 radical (unpaired) electrons. The topological polar surface area (TPSA) is 47.0 Å². The highest BCUT2D eigenvalue weighted by Gasteiger charge is 2.09. The van der Waals surface area contributed by atoms with E-state index in [4.69, 9.17) is 4.74 Å². The van der Waals surface area contributed by atoms with Crippen molar-refractivity contribution in [1.82, 2.24) is 15.3 Å². The summed E-state index contributed by atoms with van der Waals surface area (Å²) >= 11 is 0. The lowest BCUT2D eigenvalue weighted by atomic mass is 10.0. The van der Waals surface area contributed by atoms with Crippen LogP contribution in [0.2, 0.25) is 0 Å². The van der Waals surface area contributed by atoms with Gasteiger partial charge in [0.05, 0.1) is 12.6 Å². The van der Waals surface area contributed by atoms with Gasteiger partial charge in [0.25, 0.3) is 0 Å². The molecule has 2 heterocycles. The van der Waals surface area contributed by atoms with E-state index in [0.29, 0.717) is 12.4 Å². The molecule has 4 nitrogen and oxygen atoms in total. The minimum atomic E-state index is 0.685. The number of methoxy groups -OCH3 is 1. The molecule has 0 aliphatic rings. The van der Waals surface area contributed by atoms with Gasteiger partial charge in [0.1, 0.15) is 0 Å². The van der Waals surface area contributed by atoms with Crippen LogP contribution in [0.4, 0.5) is 0 Å². The third-order valence-corrected chi connectivity index (χ3v) is 3.91. The third kappa shape index (κ3) is 3.48.